The molecule has 0 saturated carbocycles. The molecule has 4 heteroatoms. The maximum absolute atomic E-state index is 12.6. The number of ether oxygens (including phenoxy) is 2. The largest absolute Gasteiger partial charge is 0.493 e. The van der Waals surface area contributed by atoms with Crippen molar-refractivity contribution in [2.24, 2.45) is 0 Å². The summed E-state index contributed by atoms with van der Waals surface area (Å²) in [5.41, 5.74) is 3.55. The normalized spacial score (nSPS) is 13.3. The van der Waals surface area contributed by atoms with E-state index >= 15 is 0 Å². The minimum Gasteiger partial charge on any atom is -0.493 e. The van der Waals surface area contributed by atoms with Crippen LogP contribution in [0.5, 0.6) is 11.5 Å². The zero-order valence-electron chi connectivity index (χ0n) is 14.2. The predicted octanol–water partition coefficient (Wildman–Crippen LogP) is 3.75. The number of methoxy groups -OCH3 is 1. The zero-order valence-corrected chi connectivity index (χ0v) is 14.2. The topological polar surface area (TPSA) is 38.8 Å². The maximum atomic E-state index is 12.6. The number of amides is 1. The summed E-state index contributed by atoms with van der Waals surface area (Å²) >= 11 is 0. The smallest absolute Gasteiger partial charge is 0.230 e. The Bertz CT molecular complexity index is 727. The number of hydrogen-bond donors (Lipinski definition) is 0. The van der Waals surface area contributed by atoms with Gasteiger partial charge in [0.15, 0.2) is 11.5 Å². The highest BCUT2D eigenvalue weighted by Gasteiger charge is 2.22. The average molecular weight is 325 g/mol. The number of anilines is 1. The Kier molecular flexibility index (Phi) is 5.04. The second-order valence-electron chi connectivity index (χ2n) is 6.03. The molecule has 126 valence electrons. The summed E-state index contributed by atoms with van der Waals surface area (Å²) in [5, 5.41) is 0. The van der Waals surface area contributed by atoms with Gasteiger partial charge in [-0.1, -0.05) is 29.8 Å². The minimum absolute atomic E-state index is 0.106. The Morgan fingerprint density at radius 3 is 2.75 bits per heavy atom. The summed E-state index contributed by atoms with van der Waals surface area (Å²) in [6.45, 7) is 3.21. The molecule has 0 atom stereocenters. The third-order valence-corrected chi connectivity index (χ3v) is 4.30. The first kappa shape index (κ1) is 16.4. The van der Waals surface area contributed by atoms with E-state index in [9.17, 15) is 4.79 Å². The summed E-state index contributed by atoms with van der Waals surface area (Å²) in [6, 6.07) is 13.8. The molecule has 0 bridgehead atoms. The minimum atomic E-state index is 0.106. The molecule has 0 radical (unpaired) electrons. The fraction of sp³-hybridized carbons (Fsp3) is 0.350. The van der Waals surface area contributed by atoms with E-state index < -0.39 is 0 Å². The average Bonchev–Trinajstić information content (AvgIpc) is 2.61. The highest BCUT2D eigenvalue weighted by atomic mass is 16.5. The lowest BCUT2D eigenvalue weighted by atomic mass is 9.99. The van der Waals surface area contributed by atoms with Crippen LogP contribution in [0, 0.1) is 6.92 Å². The van der Waals surface area contributed by atoms with Crippen molar-refractivity contribution in [3.05, 3.63) is 53.6 Å². The molecular formula is C20H23NO3. The maximum Gasteiger partial charge on any atom is 0.230 e. The monoisotopic (exact) mass is 325 g/mol. The van der Waals surface area contributed by atoms with Crippen molar-refractivity contribution in [1.82, 2.24) is 0 Å². The molecule has 1 aliphatic rings. The van der Waals surface area contributed by atoms with Crippen LogP contribution in [0.1, 0.15) is 24.0 Å². The van der Waals surface area contributed by atoms with Crippen LogP contribution in [0.2, 0.25) is 0 Å². The van der Waals surface area contributed by atoms with Crippen LogP contribution < -0.4 is 14.4 Å². The van der Waals surface area contributed by atoms with Crippen molar-refractivity contribution in [2.45, 2.75) is 26.2 Å². The number of benzene rings is 2. The standard InChI is InChI=1S/C20H23NO3/c1-15-9-10-17-16(14-15)6-5-12-21(17)20(22)11-13-24-19-8-4-3-7-18(19)23-2/h3-4,7-10,14H,5-6,11-13H2,1-2H3. The Hall–Kier alpha value is -2.49. The lowest BCUT2D eigenvalue weighted by Gasteiger charge is -2.30. The lowest BCUT2D eigenvalue weighted by molar-refractivity contribution is -0.119. The Morgan fingerprint density at radius 1 is 1.17 bits per heavy atom. The van der Waals surface area contributed by atoms with Gasteiger partial charge >= 0.3 is 0 Å². The third-order valence-electron chi connectivity index (χ3n) is 4.30. The van der Waals surface area contributed by atoms with Crippen molar-refractivity contribution in [3.63, 3.8) is 0 Å². The molecular weight excluding hydrogens is 302 g/mol. The van der Waals surface area contributed by atoms with Gasteiger partial charge < -0.3 is 14.4 Å². The molecule has 1 aliphatic heterocycles. The number of carbonyl (C=O) groups excluding carboxylic acids is 1. The third kappa shape index (κ3) is 3.53. The van der Waals surface area contributed by atoms with Crippen LogP contribution in [-0.2, 0) is 11.2 Å². The molecule has 0 spiro atoms. The first-order valence-electron chi connectivity index (χ1n) is 8.35. The van der Waals surface area contributed by atoms with E-state index in [1.165, 1.54) is 11.1 Å². The summed E-state index contributed by atoms with van der Waals surface area (Å²) in [7, 11) is 1.61. The van der Waals surface area contributed by atoms with E-state index in [4.69, 9.17) is 9.47 Å². The summed E-state index contributed by atoms with van der Waals surface area (Å²) < 4.78 is 11.0. The molecule has 0 N–H and O–H groups in total. The van der Waals surface area contributed by atoms with Crippen LogP contribution >= 0.6 is 0 Å². The van der Waals surface area contributed by atoms with Crippen molar-refractivity contribution < 1.29 is 14.3 Å². The Morgan fingerprint density at radius 2 is 1.96 bits per heavy atom. The Labute approximate surface area is 143 Å². The van der Waals surface area contributed by atoms with Gasteiger partial charge in [0.2, 0.25) is 5.91 Å². The Balaban J connectivity index is 1.62. The summed E-state index contributed by atoms with van der Waals surface area (Å²) in [5.74, 6) is 1.46. The number of aryl methyl sites for hydroxylation is 2. The fourth-order valence-corrected chi connectivity index (χ4v) is 3.11. The number of carbonyl (C=O) groups is 1. The van der Waals surface area contributed by atoms with Gasteiger partial charge in [0, 0.05) is 12.2 Å². The van der Waals surface area contributed by atoms with Crippen molar-refractivity contribution in [2.75, 3.05) is 25.2 Å². The van der Waals surface area contributed by atoms with Gasteiger partial charge in [-0.2, -0.15) is 0 Å². The summed E-state index contributed by atoms with van der Waals surface area (Å²) in [4.78, 5) is 14.5. The van der Waals surface area contributed by atoms with Crippen molar-refractivity contribution >= 4 is 11.6 Å². The SMILES string of the molecule is COc1ccccc1OCCC(=O)N1CCCc2cc(C)ccc21. The van der Waals surface area contributed by atoms with E-state index in [0.29, 0.717) is 24.5 Å². The van der Waals surface area contributed by atoms with Crippen molar-refractivity contribution in [1.29, 1.82) is 0 Å². The molecule has 0 fully saturated rings. The van der Waals surface area contributed by atoms with Crippen LogP contribution in [0.4, 0.5) is 5.69 Å². The number of nitrogens with zero attached hydrogens (tertiary/aromatic N) is 1. The summed E-state index contributed by atoms with van der Waals surface area (Å²) in [6.07, 6.45) is 2.40. The van der Waals surface area contributed by atoms with Crippen molar-refractivity contribution in [3.8, 4) is 11.5 Å². The van der Waals surface area contributed by atoms with Gasteiger partial charge in [-0.15, -0.1) is 0 Å². The zero-order chi connectivity index (χ0) is 16.9. The highest BCUT2D eigenvalue weighted by Crippen LogP contribution is 2.29. The number of para-hydroxylation sites is 2. The number of fused-ring (bicyclic) bond motifs is 1. The van der Waals surface area contributed by atoms with Gasteiger partial charge in [0.1, 0.15) is 0 Å². The molecule has 0 aromatic heterocycles. The van der Waals surface area contributed by atoms with Crippen LogP contribution in [0.3, 0.4) is 0 Å². The number of rotatable bonds is 5. The molecule has 0 aliphatic carbocycles. The molecule has 3 rings (SSSR count). The second kappa shape index (κ2) is 7.39. The van der Waals surface area contributed by atoms with E-state index in [1.807, 2.05) is 29.2 Å². The van der Waals surface area contributed by atoms with Gasteiger partial charge in [0.25, 0.3) is 0 Å². The molecule has 2 aromatic carbocycles. The van der Waals surface area contributed by atoms with E-state index in [-0.39, 0.29) is 5.91 Å². The first-order valence-corrected chi connectivity index (χ1v) is 8.35. The molecule has 24 heavy (non-hydrogen) atoms. The van der Waals surface area contributed by atoms with Gasteiger partial charge in [-0.05, 0) is 43.5 Å². The van der Waals surface area contributed by atoms with Crippen LogP contribution in [0.25, 0.3) is 0 Å². The molecule has 1 amide bonds. The molecule has 0 saturated heterocycles. The van der Waals surface area contributed by atoms with E-state index in [0.717, 1.165) is 25.1 Å². The first-order chi connectivity index (χ1) is 11.7. The highest BCUT2D eigenvalue weighted by molar-refractivity contribution is 5.94. The fourth-order valence-electron chi connectivity index (χ4n) is 3.11. The lowest BCUT2D eigenvalue weighted by Crippen LogP contribution is -2.36. The van der Waals surface area contributed by atoms with Gasteiger partial charge in [-0.3, -0.25) is 4.79 Å². The number of hydrogen-bond acceptors (Lipinski definition) is 3. The molecule has 2 aromatic rings. The molecule has 0 unspecified atom stereocenters. The van der Waals surface area contributed by atoms with Crippen LogP contribution in [-0.4, -0.2) is 26.2 Å². The molecule has 1 heterocycles. The molecule has 4 nitrogen and oxygen atoms in total. The van der Waals surface area contributed by atoms with E-state index in [2.05, 4.69) is 25.1 Å². The van der Waals surface area contributed by atoms with E-state index in [1.54, 1.807) is 7.11 Å². The predicted molar refractivity (Wildman–Crippen MR) is 95.0 cm³/mol. The van der Waals surface area contributed by atoms with Gasteiger partial charge in [-0.25, -0.2) is 0 Å². The quantitative estimate of drug-likeness (QED) is 0.840. The second-order valence-corrected chi connectivity index (χ2v) is 6.03. The van der Waals surface area contributed by atoms with Crippen LogP contribution in [0.15, 0.2) is 42.5 Å². The van der Waals surface area contributed by atoms with Gasteiger partial charge in [0.05, 0.1) is 20.1 Å².